The van der Waals surface area contributed by atoms with Crippen molar-refractivity contribution in [3.05, 3.63) is 0 Å². The first kappa shape index (κ1) is 20.0. The second-order valence-electron chi connectivity index (χ2n) is 7.20. The molecule has 0 aromatic rings. The zero-order chi connectivity index (χ0) is 16.8. The van der Waals surface area contributed by atoms with Gasteiger partial charge in [0.15, 0.2) is 0 Å². The average Bonchev–Trinajstić information content (AvgIpc) is 2.44. The fraction of sp³-hybridized carbons (Fsp3) is 0.938. The fourth-order valence-electron chi connectivity index (χ4n) is 2.52. The fourth-order valence-corrected chi connectivity index (χ4v) is 2.97. The molecule has 3 unspecified atom stereocenters. The van der Waals surface area contributed by atoms with Crippen molar-refractivity contribution in [2.45, 2.75) is 76.8 Å². The van der Waals surface area contributed by atoms with Gasteiger partial charge in [-0.05, 0) is 53.4 Å². The number of rotatable bonds is 6. The van der Waals surface area contributed by atoms with Gasteiger partial charge in [-0.2, -0.15) is 0 Å². The van der Waals surface area contributed by atoms with Gasteiger partial charge in [0.1, 0.15) is 5.60 Å². The lowest BCUT2D eigenvalue weighted by Crippen LogP contribution is -2.48. The zero-order valence-corrected chi connectivity index (χ0v) is 16.6. The van der Waals surface area contributed by atoms with Crippen LogP contribution in [0.3, 0.4) is 0 Å². The number of carbonyl (C=O) groups excluding carboxylic acids is 1. The van der Waals surface area contributed by atoms with Crippen LogP contribution in [0.15, 0.2) is 0 Å². The highest BCUT2D eigenvalue weighted by molar-refractivity contribution is 14.1. The van der Waals surface area contributed by atoms with Crippen molar-refractivity contribution in [3.8, 4) is 0 Å². The maximum absolute atomic E-state index is 11.8. The van der Waals surface area contributed by atoms with E-state index in [1.165, 1.54) is 0 Å². The lowest BCUT2D eigenvalue weighted by molar-refractivity contribution is -0.101. The maximum Gasteiger partial charge on any atom is 0.407 e. The summed E-state index contributed by atoms with van der Waals surface area (Å²) in [5.74, 6) is 0. The normalized spacial score (nSPS) is 25.4. The van der Waals surface area contributed by atoms with E-state index in [9.17, 15) is 4.79 Å². The zero-order valence-electron chi connectivity index (χ0n) is 14.4. The molecule has 1 rings (SSSR count). The number of methoxy groups -OCH3 is 1. The van der Waals surface area contributed by atoms with Crippen molar-refractivity contribution < 1.29 is 19.0 Å². The molecule has 5 nitrogen and oxygen atoms in total. The molecule has 0 aliphatic heterocycles. The molecule has 130 valence electrons. The molecule has 1 fully saturated rings. The van der Waals surface area contributed by atoms with Gasteiger partial charge in [-0.1, -0.05) is 22.6 Å². The first-order valence-corrected chi connectivity index (χ1v) is 9.43. The molecule has 1 amide bonds. The summed E-state index contributed by atoms with van der Waals surface area (Å²) < 4.78 is 17.8. The first-order valence-electron chi connectivity index (χ1n) is 7.91. The molecule has 0 aromatic carbocycles. The molecule has 6 heteroatoms. The third-order valence-electron chi connectivity index (χ3n) is 3.65. The monoisotopic (exact) mass is 427 g/mol. The number of alkyl carbamates (subject to hydrolysis) is 1. The summed E-state index contributed by atoms with van der Waals surface area (Å²) in [6.45, 7) is 8.04. The van der Waals surface area contributed by atoms with Crippen LogP contribution in [0, 0.1) is 0 Å². The van der Waals surface area contributed by atoms with Crippen LogP contribution in [-0.4, -0.2) is 47.6 Å². The number of hydrogen-bond donors (Lipinski definition) is 1. The second kappa shape index (κ2) is 8.68. The topological polar surface area (TPSA) is 56.8 Å². The summed E-state index contributed by atoms with van der Waals surface area (Å²) in [5, 5.41) is 2.82. The third-order valence-corrected chi connectivity index (χ3v) is 5.26. The van der Waals surface area contributed by atoms with Gasteiger partial charge in [0, 0.05) is 11.5 Å². The van der Waals surface area contributed by atoms with E-state index in [4.69, 9.17) is 14.2 Å². The van der Waals surface area contributed by atoms with E-state index in [0.29, 0.717) is 6.54 Å². The van der Waals surface area contributed by atoms with E-state index in [0.717, 1.165) is 30.1 Å². The summed E-state index contributed by atoms with van der Waals surface area (Å²) >= 11 is 2.30. The van der Waals surface area contributed by atoms with Gasteiger partial charge in [0.2, 0.25) is 0 Å². The summed E-state index contributed by atoms with van der Waals surface area (Å²) in [6.07, 6.45) is 4.29. The van der Waals surface area contributed by atoms with Crippen LogP contribution in [0.25, 0.3) is 0 Å². The second-order valence-corrected chi connectivity index (χ2v) is 7.97. The minimum Gasteiger partial charge on any atom is -0.444 e. The van der Waals surface area contributed by atoms with Gasteiger partial charge < -0.3 is 19.5 Å². The lowest BCUT2D eigenvalue weighted by Gasteiger charge is -2.36. The van der Waals surface area contributed by atoms with E-state index in [1.54, 1.807) is 7.11 Å². The number of nitrogens with one attached hydrogen (secondary N) is 1. The van der Waals surface area contributed by atoms with Crippen molar-refractivity contribution >= 4 is 28.7 Å². The molecule has 3 atom stereocenters. The van der Waals surface area contributed by atoms with Crippen molar-refractivity contribution in [1.29, 1.82) is 0 Å². The summed E-state index contributed by atoms with van der Waals surface area (Å²) in [6, 6.07) is 0. The Kier molecular flexibility index (Phi) is 7.88. The third kappa shape index (κ3) is 7.46. The van der Waals surface area contributed by atoms with Gasteiger partial charge in [0.05, 0.1) is 24.4 Å². The van der Waals surface area contributed by atoms with E-state index in [-0.39, 0.29) is 12.2 Å². The molecule has 22 heavy (non-hydrogen) atoms. The smallest absolute Gasteiger partial charge is 0.407 e. The van der Waals surface area contributed by atoms with E-state index >= 15 is 0 Å². The molecule has 0 radical (unpaired) electrons. The SMILES string of the molecule is COC1CCCC(OC(C)(CI)CNC(=O)OC(C)(C)C)C1. The van der Waals surface area contributed by atoms with Crippen LogP contribution < -0.4 is 5.32 Å². The van der Waals surface area contributed by atoms with Gasteiger partial charge in [0.25, 0.3) is 0 Å². The Morgan fingerprint density at radius 1 is 1.23 bits per heavy atom. The minimum absolute atomic E-state index is 0.193. The number of alkyl halides is 1. The molecule has 0 saturated heterocycles. The van der Waals surface area contributed by atoms with Gasteiger partial charge in [-0.3, -0.25) is 0 Å². The predicted molar refractivity (Wildman–Crippen MR) is 95.7 cm³/mol. The number of ether oxygens (including phenoxy) is 3. The number of carbonyl (C=O) groups is 1. The van der Waals surface area contributed by atoms with Gasteiger partial charge in [-0.25, -0.2) is 4.79 Å². The first-order chi connectivity index (χ1) is 10.2. The minimum atomic E-state index is -0.485. The molecule has 1 saturated carbocycles. The van der Waals surface area contributed by atoms with Crippen LogP contribution in [0.4, 0.5) is 4.79 Å². The van der Waals surface area contributed by atoms with Gasteiger partial charge in [-0.15, -0.1) is 0 Å². The maximum atomic E-state index is 11.8. The van der Waals surface area contributed by atoms with E-state index in [2.05, 4.69) is 27.9 Å². The van der Waals surface area contributed by atoms with Crippen LogP contribution in [0.1, 0.15) is 53.4 Å². The van der Waals surface area contributed by atoms with Gasteiger partial charge >= 0.3 is 6.09 Å². The van der Waals surface area contributed by atoms with Crippen LogP contribution >= 0.6 is 22.6 Å². The lowest BCUT2D eigenvalue weighted by atomic mass is 9.94. The molecule has 0 spiro atoms. The van der Waals surface area contributed by atoms with Crippen molar-refractivity contribution in [1.82, 2.24) is 5.32 Å². The summed E-state index contributed by atoms with van der Waals surface area (Å²) in [7, 11) is 1.76. The highest BCUT2D eigenvalue weighted by Gasteiger charge is 2.32. The Labute approximate surface area is 148 Å². The van der Waals surface area contributed by atoms with E-state index in [1.807, 2.05) is 27.7 Å². The Hall–Kier alpha value is -0.0800. The quantitative estimate of drug-likeness (QED) is 0.519. The molecular formula is C16H30INO4. The number of hydrogen-bond acceptors (Lipinski definition) is 4. The molecule has 0 aromatic heterocycles. The molecule has 1 aliphatic carbocycles. The Morgan fingerprint density at radius 2 is 1.86 bits per heavy atom. The Morgan fingerprint density at radius 3 is 2.41 bits per heavy atom. The van der Waals surface area contributed by atoms with E-state index < -0.39 is 17.3 Å². The largest absolute Gasteiger partial charge is 0.444 e. The van der Waals surface area contributed by atoms with Crippen molar-refractivity contribution in [2.75, 3.05) is 18.1 Å². The number of amides is 1. The Bertz CT molecular complexity index is 359. The Balaban J connectivity index is 2.48. The molecular weight excluding hydrogens is 397 g/mol. The highest BCUT2D eigenvalue weighted by Crippen LogP contribution is 2.27. The molecule has 1 N–H and O–H groups in total. The predicted octanol–water partition coefficient (Wildman–Crippen LogP) is 3.68. The van der Waals surface area contributed by atoms with Crippen LogP contribution in [0.2, 0.25) is 0 Å². The molecule has 0 bridgehead atoms. The molecule has 1 aliphatic rings. The molecule has 0 heterocycles. The van der Waals surface area contributed by atoms with Crippen molar-refractivity contribution in [3.63, 3.8) is 0 Å². The summed E-state index contributed by atoms with van der Waals surface area (Å²) in [4.78, 5) is 11.8. The van der Waals surface area contributed by atoms with Crippen LogP contribution in [0.5, 0.6) is 0 Å². The highest BCUT2D eigenvalue weighted by atomic mass is 127. The summed E-state index contributed by atoms with van der Waals surface area (Å²) in [5.41, 5.74) is -0.877. The number of halogens is 1. The van der Waals surface area contributed by atoms with Crippen molar-refractivity contribution in [2.24, 2.45) is 0 Å². The average molecular weight is 427 g/mol. The standard InChI is InChI=1S/C16H30INO4/c1-15(2,3)22-14(19)18-11-16(4,10-17)21-13-8-6-7-12(9-13)20-5/h12-13H,6-11H2,1-5H3,(H,18,19). The van der Waals surface area contributed by atoms with Crippen LogP contribution in [-0.2, 0) is 14.2 Å².